The van der Waals surface area contributed by atoms with Crippen LogP contribution in [0.5, 0.6) is 0 Å². The summed E-state index contributed by atoms with van der Waals surface area (Å²) in [6.07, 6.45) is 0. The highest BCUT2D eigenvalue weighted by Gasteiger charge is 2.23. The van der Waals surface area contributed by atoms with Crippen molar-refractivity contribution in [1.29, 1.82) is 0 Å². The number of para-hydroxylation sites is 1. The van der Waals surface area contributed by atoms with Crippen LogP contribution < -0.4 is 16.2 Å². The van der Waals surface area contributed by atoms with Crippen LogP contribution in [0.15, 0.2) is 52.4 Å². The molecular formula is C23H24N6O3S. The predicted octanol–water partition coefficient (Wildman–Crippen LogP) is 2.98. The van der Waals surface area contributed by atoms with Gasteiger partial charge in [-0.25, -0.2) is 9.36 Å². The molecule has 10 heteroatoms. The van der Waals surface area contributed by atoms with Crippen molar-refractivity contribution in [2.45, 2.75) is 38.1 Å². The van der Waals surface area contributed by atoms with Crippen molar-refractivity contribution in [2.24, 2.45) is 0 Å². The van der Waals surface area contributed by atoms with Gasteiger partial charge in [0.2, 0.25) is 11.7 Å². The SMILES string of the molecule is CCNC(=O)NC(=O)C(C)Sc1nnc2n(-c3cc(C)ccc3C)c(=O)c3ccccc3n12. The molecule has 0 spiro atoms. The Morgan fingerprint density at radius 3 is 2.64 bits per heavy atom. The lowest BCUT2D eigenvalue weighted by Gasteiger charge is -2.14. The van der Waals surface area contributed by atoms with Crippen LogP contribution in [0.2, 0.25) is 0 Å². The topological polar surface area (TPSA) is 110 Å². The van der Waals surface area contributed by atoms with Crippen molar-refractivity contribution in [2.75, 3.05) is 6.54 Å². The fourth-order valence-electron chi connectivity index (χ4n) is 3.56. The van der Waals surface area contributed by atoms with Gasteiger partial charge in [0.15, 0.2) is 5.16 Å². The average molecular weight is 465 g/mol. The zero-order chi connectivity index (χ0) is 23.7. The molecule has 4 rings (SSSR count). The van der Waals surface area contributed by atoms with E-state index in [0.717, 1.165) is 28.6 Å². The van der Waals surface area contributed by atoms with Gasteiger partial charge in [-0.2, -0.15) is 0 Å². The number of nitrogens with zero attached hydrogens (tertiary/aromatic N) is 4. The lowest BCUT2D eigenvalue weighted by Crippen LogP contribution is -2.42. The van der Waals surface area contributed by atoms with Gasteiger partial charge in [0.05, 0.1) is 21.8 Å². The monoisotopic (exact) mass is 464 g/mol. The van der Waals surface area contributed by atoms with Gasteiger partial charge in [0.1, 0.15) is 0 Å². The van der Waals surface area contributed by atoms with Crippen LogP contribution >= 0.6 is 11.8 Å². The Morgan fingerprint density at radius 1 is 1.12 bits per heavy atom. The predicted molar refractivity (Wildman–Crippen MR) is 128 cm³/mol. The molecule has 33 heavy (non-hydrogen) atoms. The molecule has 0 bridgehead atoms. The summed E-state index contributed by atoms with van der Waals surface area (Å²) in [6.45, 7) is 7.77. The van der Waals surface area contributed by atoms with E-state index in [1.54, 1.807) is 28.9 Å². The molecule has 170 valence electrons. The summed E-state index contributed by atoms with van der Waals surface area (Å²) in [7, 11) is 0. The molecule has 0 radical (unpaired) electrons. The second-order valence-electron chi connectivity index (χ2n) is 7.67. The van der Waals surface area contributed by atoms with E-state index in [1.165, 1.54) is 0 Å². The molecule has 0 saturated carbocycles. The molecule has 2 aromatic carbocycles. The zero-order valence-electron chi connectivity index (χ0n) is 18.7. The number of carbonyl (C=O) groups is 2. The molecule has 0 fully saturated rings. The van der Waals surface area contributed by atoms with Crippen molar-refractivity contribution in [3.8, 4) is 5.69 Å². The second kappa shape index (κ2) is 9.07. The summed E-state index contributed by atoms with van der Waals surface area (Å²) in [5.41, 5.74) is 3.10. The highest BCUT2D eigenvalue weighted by molar-refractivity contribution is 8.00. The number of hydrogen-bond donors (Lipinski definition) is 2. The molecule has 0 aliphatic carbocycles. The smallest absolute Gasteiger partial charge is 0.321 e. The van der Waals surface area contributed by atoms with Crippen molar-refractivity contribution in [3.05, 3.63) is 63.9 Å². The number of urea groups is 1. The third-order valence-electron chi connectivity index (χ3n) is 5.23. The largest absolute Gasteiger partial charge is 0.338 e. The van der Waals surface area contributed by atoms with Gasteiger partial charge in [-0.3, -0.25) is 19.3 Å². The minimum Gasteiger partial charge on any atom is -0.338 e. The molecule has 2 N–H and O–H groups in total. The quantitative estimate of drug-likeness (QED) is 0.440. The minimum absolute atomic E-state index is 0.197. The molecule has 2 heterocycles. The van der Waals surface area contributed by atoms with E-state index in [1.807, 2.05) is 50.2 Å². The first-order valence-electron chi connectivity index (χ1n) is 10.5. The third-order valence-corrected chi connectivity index (χ3v) is 6.27. The van der Waals surface area contributed by atoms with E-state index < -0.39 is 17.2 Å². The molecule has 2 aromatic heterocycles. The standard InChI is InChI=1S/C23H24N6O3S/c1-5-24-21(32)25-19(30)15(4)33-23-27-26-22-28(18-12-13(2)10-11-14(18)3)20(31)16-8-6-7-9-17(16)29(22)23/h6-12,15H,5H2,1-4H3,(H2,24,25,30,32). The van der Waals surface area contributed by atoms with Crippen LogP contribution in [0.1, 0.15) is 25.0 Å². The maximum absolute atomic E-state index is 13.5. The average Bonchev–Trinajstić information content (AvgIpc) is 3.19. The van der Waals surface area contributed by atoms with Crippen molar-refractivity contribution < 1.29 is 9.59 Å². The summed E-state index contributed by atoms with van der Waals surface area (Å²) in [4.78, 5) is 37.7. The van der Waals surface area contributed by atoms with E-state index in [2.05, 4.69) is 20.8 Å². The Morgan fingerprint density at radius 2 is 1.88 bits per heavy atom. The second-order valence-corrected chi connectivity index (χ2v) is 8.98. The number of thioether (sulfide) groups is 1. The van der Waals surface area contributed by atoms with Gasteiger partial charge in [-0.15, -0.1) is 10.2 Å². The summed E-state index contributed by atoms with van der Waals surface area (Å²) in [6, 6.07) is 12.6. The number of rotatable bonds is 5. The maximum atomic E-state index is 13.5. The van der Waals surface area contributed by atoms with E-state index in [-0.39, 0.29) is 5.56 Å². The molecule has 0 aliphatic rings. The Labute approximate surface area is 194 Å². The Bertz CT molecular complexity index is 1440. The van der Waals surface area contributed by atoms with Crippen molar-refractivity contribution in [3.63, 3.8) is 0 Å². The summed E-state index contributed by atoms with van der Waals surface area (Å²) < 4.78 is 3.33. The molecule has 0 saturated heterocycles. The highest BCUT2D eigenvalue weighted by atomic mass is 32.2. The highest BCUT2D eigenvalue weighted by Crippen LogP contribution is 2.27. The number of aromatic nitrogens is 4. The lowest BCUT2D eigenvalue weighted by atomic mass is 10.1. The van der Waals surface area contributed by atoms with E-state index in [9.17, 15) is 14.4 Å². The number of fused-ring (bicyclic) bond motifs is 3. The van der Waals surface area contributed by atoms with Crippen LogP contribution in [0.25, 0.3) is 22.4 Å². The van der Waals surface area contributed by atoms with Crippen LogP contribution in [0, 0.1) is 13.8 Å². The third kappa shape index (κ3) is 4.21. The van der Waals surface area contributed by atoms with E-state index in [4.69, 9.17) is 0 Å². The number of benzene rings is 2. The Balaban J connectivity index is 1.87. The number of amides is 3. The number of hydrogen-bond acceptors (Lipinski definition) is 6. The fourth-order valence-corrected chi connectivity index (χ4v) is 4.42. The molecule has 4 aromatic rings. The minimum atomic E-state index is -0.625. The van der Waals surface area contributed by atoms with Crippen LogP contribution in [0.3, 0.4) is 0 Å². The molecule has 3 amide bonds. The first-order chi connectivity index (χ1) is 15.8. The number of imide groups is 1. The number of carbonyl (C=O) groups excluding carboxylic acids is 2. The summed E-state index contributed by atoms with van der Waals surface area (Å²) in [5, 5.41) is 13.8. The fraction of sp³-hybridized carbons (Fsp3) is 0.261. The molecule has 9 nitrogen and oxygen atoms in total. The van der Waals surface area contributed by atoms with Crippen LogP contribution in [0.4, 0.5) is 4.79 Å². The van der Waals surface area contributed by atoms with Crippen LogP contribution in [-0.4, -0.2) is 42.9 Å². The zero-order valence-corrected chi connectivity index (χ0v) is 19.6. The van der Waals surface area contributed by atoms with Gasteiger partial charge < -0.3 is 5.32 Å². The normalized spacial score (nSPS) is 12.1. The first kappa shape index (κ1) is 22.5. The summed E-state index contributed by atoms with van der Waals surface area (Å²) >= 11 is 1.16. The first-order valence-corrected chi connectivity index (χ1v) is 11.4. The Kier molecular flexibility index (Phi) is 6.19. The van der Waals surface area contributed by atoms with Gasteiger partial charge in [0, 0.05) is 6.54 Å². The van der Waals surface area contributed by atoms with E-state index in [0.29, 0.717) is 28.4 Å². The van der Waals surface area contributed by atoms with Crippen LogP contribution in [-0.2, 0) is 4.79 Å². The van der Waals surface area contributed by atoms with Crippen molar-refractivity contribution >= 4 is 40.4 Å². The Hall–Kier alpha value is -3.66. The maximum Gasteiger partial charge on any atom is 0.321 e. The molecular weight excluding hydrogens is 440 g/mol. The number of aryl methyl sites for hydroxylation is 2. The van der Waals surface area contributed by atoms with Gasteiger partial charge >= 0.3 is 6.03 Å². The van der Waals surface area contributed by atoms with Crippen molar-refractivity contribution in [1.82, 2.24) is 29.8 Å². The number of nitrogens with one attached hydrogen (secondary N) is 2. The van der Waals surface area contributed by atoms with Gasteiger partial charge in [-0.1, -0.05) is 36.0 Å². The van der Waals surface area contributed by atoms with E-state index >= 15 is 0 Å². The summed E-state index contributed by atoms with van der Waals surface area (Å²) in [5.74, 6) is -0.0962. The van der Waals surface area contributed by atoms with Gasteiger partial charge in [0.25, 0.3) is 5.56 Å². The lowest BCUT2D eigenvalue weighted by molar-refractivity contribution is -0.119. The van der Waals surface area contributed by atoms with Gasteiger partial charge in [-0.05, 0) is 57.0 Å². The molecule has 0 aliphatic heterocycles. The molecule has 1 atom stereocenters. The molecule has 1 unspecified atom stereocenters.